The predicted molar refractivity (Wildman–Crippen MR) is 333 cm³/mol. The molecule has 20 nitrogen and oxygen atoms in total. The summed E-state index contributed by atoms with van der Waals surface area (Å²) in [5.41, 5.74) is 4.03. The molecule has 4 atom stereocenters. The van der Waals surface area contributed by atoms with Gasteiger partial charge in [-0.05, 0) is 174 Å². The van der Waals surface area contributed by atoms with Crippen molar-refractivity contribution < 1.29 is 54.8 Å². The lowest BCUT2D eigenvalue weighted by molar-refractivity contribution is 0.0487. The number of nitrogens with one attached hydrogen (secondary N) is 6. The van der Waals surface area contributed by atoms with Crippen molar-refractivity contribution >= 4 is 78.5 Å². The molecule has 86 heavy (non-hydrogen) atoms. The molecule has 4 aromatic carbocycles. The first-order chi connectivity index (χ1) is 41.6. The van der Waals surface area contributed by atoms with Crippen LogP contribution in [0.3, 0.4) is 0 Å². The van der Waals surface area contributed by atoms with Crippen molar-refractivity contribution in [1.82, 2.24) is 40.5 Å². The molecular formula is C60H82Cl4N8O12S2. The van der Waals surface area contributed by atoms with Crippen LogP contribution in [0.2, 0.25) is 20.1 Å². The molecule has 6 N–H and O–H groups in total. The van der Waals surface area contributed by atoms with Crippen molar-refractivity contribution in [2.24, 2.45) is 0 Å². The molecular weight excluding hydrogens is 1230 g/mol. The molecule has 0 unspecified atom stereocenters. The van der Waals surface area contributed by atoms with Crippen LogP contribution in [0.15, 0.2) is 82.6 Å². The smallest absolute Gasteiger partial charge is 0.314 e. The van der Waals surface area contributed by atoms with Crippen molar-refractivity contribution in [3.63, 3.8) is 0 Å². The van der Waals surface area contributed by atoms with Crippen LogP contribution in [-0.4, -0.2) is 169 Å². The van der Waals surface area contributed by atoms with Crippen LogP contribution in [0, 0.1) is 0 Å². The number of nitrogens with zero attached hydrogens (tertiary/aromatic N) is 2. The van der Waals surface area contributed by atoms with Crippen LogP contribution in [-0.2, 0) is 51.8 Å². The summed E-state index contributed by atoms with van der Waals surface area (Å²) in [4.78, 5) is 29.5. The zero-order chi connectivity index (χ0) is 60.7. The largest absolute Gasteiger partial charge is 0.484 e. The summed E-state index contributed by atoms with van der Waals surface area (Å²) in [6, 6.07) is 19.8. The van der Waals surface area contributed by atoms with E-state index >= 15 is 0 Å². The highest BCUT2D eigenvalue weighted by atomic mass is 35.5. The number of halogens is 4. The van der Waals surface area contributed by atoms with Crippen LogP contribution in [0.25, 0.3) is 0 Å². The van der Waals surface area contributed by atoms with Crippen molar-refractivity contribution in [2.75, 3.05) is 118 Å². The minimum absolute atomic E-state index is 0.0736. The van der Waals surface area contributed by atoms with Crippen LogP contribution in [0.4, 0.5) is 9.59 Å². The quantitative estimate of drug-likeness (QED) is 0.0236. The molecule has 0 aromatic heterocycles. The number of amides is 4. The van der Waals surface area contributed by atoms with Gasteiger partial charge < -0.3 is 49.7 Å². The Morgan fingerprint density at radius 3 is 1.21 bits per heavy atom. The summed E-state index contributed by atoms with van der Waals surface area (Å²) in [7, 11) is -7.56. The number of fused-ring (bicyclic) bond motifs is 2. The van der Waals surface area contributed by atoms with E-state index in [1.165, 1.54) is 37.1 Å². The first-order valence-electron chi connectivity index (χ1n) is 30.0. The fourth-order valence-corrected chi connectivity index (χ4v) is 14.4. The maximum Gasteiger partial charge on any atom is 0.314 e. The highest BCUT2D eigenvalue weighted by Gasteiger charge is 2.41. The topological polar surface area (TPSA) is 236 Å². The highest BCUT2D eigenvalue weighted by Crippen LogP contribution is 2.45. The van der Waals surface area contributed by atoms with Gasteiger partial charge in [-0.15, -0.1) is 0 Å². The van der Waals surface area contributed by atoms with Gasteiger partial charge in [0.05, 0.1) is 68.1 Å². The van der Waals surface area contributed by atoms with E-state index in [4.69, 9.17) is 74.8 Å². The molecule has 26 heteroatoms. The number of benzene rings is 4. The number of piperidine rings is 2. The summed E-state index contributed by atoms with van der Waals surface area (Å²) in [5.74, 6) is 1.11. The first kappa shape index (κ1) is 67.7. The van der Waals surface area contributed by atoms with Crippen molar-refractivity contribution in [2.45, 2.75) is 111 Å². The van der Waals surface area contributed by atoms with E-state index in [1.54, 1.807) is 36.4 Å². The number of hydrogen-bond donors (Lipinski definition) is 6. The van der Waals surface area contributed by atoms with Gasteiger partial charge in [-0.25, -0.2) is 35.9 Å². The summed E-state index contributed by atoms with van der Waals surface area (Å²) in [6.07, 6.45) is 10.8. The monoisotopic (exact) mass is 1310 g/mol. The normalized spacial score (nSPS) is 19.0. The van der Waals surface area contributed by atoms with Crippen molar-refractivity contribution in [3.05, 3.63) is 115 Å². The van der Waals surface area contributed by atoms with E-state index in [2.05, 4.69) is 40.5 Å². The number of carbonyl (C=O) groups excluding carboxylic acids is 2. The standard InChI is InChI=1S/C60H82Cl4N8O12S2/c61-43-37-51-49(53(63)39-43)41-55(71-25-6-1-7-26-71)57(51)83-45-11-15-47(16-12-45)85(75,76)69-23-31-81-34-33-79-29-10-5-21-67-59(73)65-19-3-4-20-66-60(74)68-22-30-80-35-36-82-32-24-70-86(77,78)48-17-13-46(14-18-48)84-58-52-38-44(62)40-54(64)50(52)42-56(58)72-27-8-2-9-28-72/h11-18,37-40,55-58,69-70H,1-10,19-36,41-42H2,(H2,65,67,73)(H2,66,68,74)/t55-,56-,57-,58-/m0/s1. The molecule has 2 heterocycles. The molecule has 4 aromatic rings. The molecule has 4 aliphatic rings. The molecule has 8 rings (SSSR count). The number of unbranched alkanes of at least 4 members (excludes halogenated alkanes) is 2. The highest BCUT2D eigenvalue weighted by molar-refractivity contribution is 7.89. The van der Waals surface area contributed by atoms with Gasteiger partial charge in [-0.2, -0.15) is 0 Å². The van der Waals surface area contributed by atoms with Crippen molar-refractivity contribution in [3.8, 4) is 11.5 Å². The molecule has 0 bridgehead atoms. The van der Waals surface area contributed by atoms with Gasteiger partial charge in [0.1, 0.15) is 23.7 Å². The number of likely N-dealkylation sites (tertiary alicyclic amines) is 2. The van der Waals surface area contributed by atoms with Crippen LogP contribution in [0.5, 0.6) is 11.5 Å². The zero-order valence-electron chi connectivity index (χ0n) is 48.6. The van der Waals surface area contributed by atoms with E-state index in [0.717, 1.165) is 99.8 Å². The Labute approximate surface area is 526 Å². The van der Waals surface area contributed by atoms with E-state index in [1.807, 2.05) is 12.1 Å². The van der Waals surface area contributed by atoms with Gasteiger partial charge in [0, 0.05) is 77.1 Å². The van der Waals surface area contributed by atoms with Gasteiger partial charge in [-0.3, -0.25) is 9.80 Å². The minimum Gasteiger partial charge on any atom is -0.484 e. The van der Waals surface area contributed by atoms with Gasteiger partial charge >= 0.3 is 12.1 Å². The number of carbonyl (C=O) groups is 2. The second-order valence-corrected chi connectivity index (χ2v) is 26.9. The van der Waals surface area contributed by atoms with E-state index in [0.29, 0.717) is 90.4 Å². The Hall–Kier alpha value is -4.24. The Morgan fingerprint density at radius 2 is 0.802 bits per heavy atom. The van der Waals surface area contributed by atoms with E-state index in [9.17, 15) is 26.4 Å². The molecule has 2 saturated heterocycles. The lowest BCUT2D eigenvalue weighted by Crippen LogP contribution is -2.43. The fourth-order valence-electron chi connectivity index (χ4n) is 11.2. The predicted octanol–water partition coefficient (Wildman–Crippen LogP) is 8.84. The lowest BCUT2D eigenvalue weighted by atomic mass is 10.0. The zero-order valence-corrected chi connectivity index (χ0v) is 53.2. The summed E-state index contributed by atoms with van der Waals surface area (Å²) in [6.45, 7) is 8.10. The maximum atomic E-state index is 13.0. The molecule has 2 fully saturated rings. The average molecular weight is 1310 g/mol. The number of hydrogen-bond acceptors (Lipinski definition) is 14. The second kappa shape index (κ2) is 34.7. The fraction of sp³-hybridized carbons (Fsp3) is 0.567. The minimum atomic E-state index is -3.79. The van der Waals surface area contributed by atoms with Crippen LogP contribution in [0.1, 0.15) is 98.7 Å². The third-order valence-corrected chi connectivity index (χ3v) is 19.6. The maximum absolute atomic E-state index is 13.0. The van der Waals surface area contributed by atoms with Gasteiger partial charge in [0.2, 0.25) is 20.0 Å². The van der Waals surface area contributed by atoms with Gasteiger partial charge in [0.15, 0.2) is 0 Å². The Morgan fingerprint density at radius 1 is 0.442 bits per heavy atom. The lowest BCUT2D eigenvalue weighted by Gasteiger charge is -2.35. The third-order valence-electron chi connectivity index (χ3n) is 15.6. The second-order valence-electron chi connectivity index (χ2n) is 21.7. The summed E-state index contributed by atoms with van der Waals surface area (Å²) >= 11 is 26.1. The molecule has 0 radical (unpaired) electrons. The van der Waals surface area contributed by atoms with Crippen LogP contribution >= 0.6 is 46.4 Å². The van der Waals surface area contributed by atoms with E-state index < -0.39 is 20.0 Å². The number of urea groups is 2. The summed E-state index contributed by atoms with van der Waals surface area (Å²) < 4.78 is 92.6. The molecule has 0 saturated carbocycles. The number of sulfonamides is 2. The Balaban J connectivity index is 0.565. The Kier molecular flexibility index (Phi) is 27.3. The summed E-state index contributed by atoms with van der Waals surface area (Å²) in [5, 5.41) is 13.5. The molecule has 2 aliphatic heterocycles. The molecule has 4 amide bonds. The van der Waals surface area contributed by atoms with Gasteiger partial charge in [-0.1, -0.05) is 59.2 Å². The SMILES string of the molecule is O=C(NCCCCNC(=O)NCCOCCOCCNS(=O)(=O)c1ccc(O[C@H]2c3cc(Cl)cc(Cl)c3C[C@@H]2N2CCCCC2)cc1)NCCCCOCCOCCNS(=O)(=O)c1ccc(O[C@H]2c3cc(Cl)cc(Cl)c3C[C@@H]2N2CCCCC2)cc1. The molecule has 0 spiro atoms. The average Bonchev–Trinajstić information content (AvgIpc) is 2.08. The molecule has 2 aliphatic carbocycles. The Bertz CT molecular complexity index is 3020. The first-order valence-corrected chi connectivity index (χ1v) is 34.4. The van der Waals surface area contributed by atoms with Crippen molar-refractivity contribution in [1.29, 1.82) is 0 Å². The number of ether oxygens (including phenoxy) is 6. The van der Waals surface area contributed by atoms with Gasteiger partial charge in [0.25, 0.3) is 0 Å². The van der Waals surface area contributed by atoms with Crippen LogP contribution < -0.4 is 40.2 Å². The number of rotatable bonds is 35. The third kappa shape index (κ3) is 20.7. The molecule has 474 valence electrons. The van der Waals surface area contributed by atoms with E-state index in [-0.39, 0.29) is 92.3 Å².